The van der Waals surface area contributed by atoms with E-state index in [0.29, 0.717) is 5.82 Å². The number of hydrogen-bond donors (Lipinski definition) is 3. The summed E-state index contributed by atoms with van der Waals surface area (Å²) in [5, 5.41) is 12.5. The fraction of sp³-hybridized carbons (Fsp3) is 0.667. The minimum Gasteiger partial charge on any atom is -0.333 e. The molecule has 0 saturated heterocycles. The lowest BCUT2D eigenvalue weighted by Gasteiger charge is -2.20. The van der Waals surface area contributed by atoms with E-state index in [2.05, 4.69) is 41.6 Å². The Kier molecular flexibility index (Phi) is 3.50. The number of aromatic nitrogens is 2. The number of amides is 2. The van der Waals surface area contributed by atoms with Crippen LogP contribution in [0.1, 0.15) is 47.2 Å². The highest BCUT2D eigenvalue weighted by Crippen LogP contribution is 2.21. The molecule has 17 heavy (non-hydrogen) atoms. The highest BCUT2D eigenvalue weighted by atomic mass is 16.2. The zero-order valence-corrected chi connectivity index (χ0v) is 11.4. The van der Waals surface area contributed by atoms with Crippen molar-refractivity contribution >= 4 is 11.8 Å². The first-order valence-electron chi connectivity index (χ1n) is 5.73. The van der Waals surface area contributed by atoms with Crippen LogP contribution in [-0.2, 0) is 5.41 Å². The van der Waals surface area contributed by atoms with E-state index in [9.17, 15) is 4.79 Å². The Morgan fingerprint density at radius 1 is 1.24 bits per heavy atom. The molecular formula is C12H22N4O. The first-order chi connectivity index (χ1) is 7.58. The lowest BCUT2D eigenvalue weighted by Crippen LogP contribution is -2.43. The van der Waals surface area contributed by atoms with Crippen LogP contribution in [0.2, 0.25) is 0 Å². The van der Waals surface area contributed by atoms with E-state index in [1.807, 2.05) is 26.8 Å². The Bertz CT molecular complexity index is 395. The fourth-order valence-corrected chi connectivity index (χ4v) is 1.26. The van der Waals surface area contributed by atoms with Crippen LogP contribution < -0.4 is 10.6 Å². The minimum atomic E-state index is -0.257. The minimum absolute atomic E-state index is 0.00651. The normalized spacial score (nSPS) is 12.4. The average molecular weight is 238 g/mol. The van der Waals surface area contributed by atoms with Crippen molar-refractivity contribution in [2.45, 2.75) is 52.5 Å². The summed E-state index contributed by atoms with van der Waals surface area (Å²) in [6, 6.07) is 1.60. The molecule has 1 aromatic heterocycles. The Morgan fingerprint density at radius 3 is 2.24 bits per heavy atom. The molecule has 0 atom stereocenters. The van der Waals surface area contributed by atoms with E-state index in [4.69, 9.17) is 0 Å². The molecule has 1 rings (SSSR count). The molecule has 96 valence electrons. The van der Waals surface area contributed by atoms with Gasteiger partial charge in [0.2, 0.25) is 0 Å². The predicted octanol–water partition coefficient (Wildman–Crippen LogP) is 2.63. The summed E-state index contributed by atoms with van der Waals surface area (Å²) >= 11 is 0. The zero-order valence-electron chi connectivity index (χ0n) is 11.4. The van der Waals surface area contributed by atoms with Crippen molar-refractivity contribution in [1.29, 1.82) is 0 Å². The number of anilines is 1. The van der Waals surface area contributed by atoms with Gasteiger partial charge in [-0.1, -0.05) is 20.8 Å². The van der Waals surface area contributed by atoms with Crippen molar-refractivity contribution in [2.24, 2.45) is 0 Å². The van der Waals surface area contributed by atoms with Gasteiger partial charge in [-0.2, -0.15) is 5.10 Å². The van der Waals surface area contributed by atoms with Gasteiger partial charge in [-0.3, -0.25) is 10.4 Å². The second-order valence-corrected chi connectivity index (χ2v) is 6.25. The maximum absolute atomic E-state index is 11.6. The van der Waals surface area contributed by atoms with Gasteiger partial charge in [-0.25, -0.2) is 4.79 Å². The quantitative estimate of drug-likeness (QED) is 0.704. The number of nitrogens with one attached hydrogen (secondary N) is 3. The highest BCUT2D eigenvalue weighted by Gasteiger charge is 2.18. The molecule has 5 nitrogen and oxygen atoms in total. The molecule has 0 aliphatic rings. The van der Waals surface area contributed by atoms with Crippen molar-refractivity contribution in [1.82, 2.24) is 15.5 Å². The van der Waals surface area contributed by atoms with Gasteiger partial charge in [0, 0.05) is 22.7 Å². The Hall–Kier alpha value is -1.52. The Balaban J connectivity index is 2.65. The van der Waals surface area contributed by atoms with E-state index in [1.165, 1.54) is 0 Å². The summed E-state index contributed by atoms with van der Waals surface area (Å²) in [5.41, 5.74) is 0.726. The Morgan fingerprint density at radius 2 is 1.82 bits per heavy atom. The smallest absolute Gasteiger partial charge is 0.320 e. The molecule has 0 aliphatic carbocycles. The number of aromatic amines is 1. The number of hydrogen-bond acceptors (Lipinski definition) is 2. The number of carbonyl (C=O) groups is 1. The van der Waals surface area contributed by atoms with Crippen molar-refractivity contribution < 1.29 is 4.79 Å². The maximum atomic E-state index is 11.6. The van der Waals surface area contributed by atoms with Gasteiger partial charge in [0.15, 0.2) is 5.82 Å². The van der Waals surface area contributed by atoms with Crippen molar-refractivity contribution in [3.63, 3.8) is 0 Å². The monoisotopic (exact) mass is 238 g/mol. The number of carbonyl (C=O) groups excluding carboxylic acids is 1. The maximum Gasteiger partial charge on any atom is 0.320 e. The summed E-state index contributed by atoms with van der Waals surface area (Å²) in [5.74, 6) is 0.539. The largest absolute Gasteiger partial charge is 0.333 e. The summed E-state index contributed by atoms with van der Waals surface area (Å²) in [4.78, 5) is 11.6. The lowest BCUT2D eigenvalue weighted by atomic mass is 9.92. The van der Waals surface area contributed by atoms with Gasteiger partial charge < -0.3 is 5.32 Å². The molecule has 0 saturated carbocycles. The number of urea groups is 1. The van der Waals surface area contributed by atoms with Gasteiger partial charge in [-0.15, -0.1) is 0 Å². The molecule has 1 aromatic rings. The molecule has 5 heteroatoms. The zero-order chi connectivity index (χ0) is 13.3. The third kappa shape index (κ3) is 4.46. The molecule has 2 amide bonds. The van der Waals surface area contributed by atoms with Crippen LogP contribution in [0.4, 0.5) is 10.6 Å². The third-order valence-corrected chi connectivity index (χ3v) is 2.12. The fourth-order valence-electron chi connectivity index (χ4n) is 1.26. The van der Waals surface area contributed by atoms with Crippen molar-refractivity contribution in [2.75, 3.05) is 5.32 Å². The first kappa shape index (κ1) is 13.5. The summed E-state index contributed by atoms with van der Waals surface area (Å²) < 4.78 is 0. The van der Waals surface area contributed by atoms with E-state index in [1.54, 1.807) is 0 Å². The highest BCUT2D eigenvalue weighted by molar-refractivity contribution is 5.88. The molecule has 0 spiro atoms. The summed E-state index contributed by atoms with van der Waals surface area (Å²) in [7, 11) is 0. The molecule has 0 aliphatic heterocycles. The predicted molar refractivity (Wildman–Crippen MR) is 69.2 cm³/mol. The Labute approximate surface area is 102 Å². The molecule has 3 N–H and O–H groups in total. The van der Waals surface area contributed by atoms with Gasteiger partial charge in [0.25, 0.3) is 0 Å². The standard InChI is InChI=1S/C12H22N4O/c1-11(2,3)8-7-9(16-15-8)13-10(17)14-12(4,5)6/h7H,1-6H3,(H3,13,14,15,16,17). The molecule has 1 heterocycles. The molecule has 0 fully saturated rings. The average Bonchev–Trinajstić information content (AvgIpc) is 2.47. The summed E-state index contributed by atoms with van der Waals surface area (Å²) in [6.45, 7) is 12.0. The van der Waals surface area contributed by atoms with E-state index in [0.717, 1.165) is 5.69 Å². The van der Waals surface area contributed by atoms with Crippen LogP contribution in [0.3, 0.4) is 0 Å². The number of rotatable bonds is 1. The van der Waals surface area contributed by atoms with Gasteiger partial charge in [0.1, 0.15) is 0 Å². The second kappa shape index (κ2) is 4.39. The molecule has 0 unspecified atom stereocenters. The number of nitrogens with zero attached hydrogens (tertiary/aromatic N) is 1. The summed E-state index contributed by atoms with van der Waals surface area (Å²) in [6.07, 6.45) is 0. The lowest BCUT2D eigenvalue weighted by molar-refractivity contribution is 0.243. The van der Waals surface area contributed by atoms with Gasteiger partial charge in [0.05, 0.1) is 0 Å². The van der Waals surface area contributed by atoms with E-state index >= 15 is 0 Å². The molecule has 0 radical (unpaired) electrons. The van der Waals surface area contributed by atoms with Gasteiger partial charge >= 0.3 is 6.03 Å². The van der Waals surface area contributed by atoms with Crippen LogP contribution in [0.25, 0.3) is 0 Å². The van der Waals surface area contributed by atoms with Crippen LogP contribution >= 0.6 is 0 Å². The molecule has 0 aromatic carbocycles. The molecular weight excluding hydrogens is 216 g/mol. The first-order valence-corrected chi connectivity index (χ1v) is 5.73. The number of H-pyrrole nitrogens is 1. The van der Waals surface area contributed by atoms with Crippen molar-refractivity contribution in [3.05, 3.63) is 11.8 Å². The SMILES string of the molecule is CC(C)(C)NC(=O)Nc1cc(C(C)(C)C)[nH]n1. The van der Waals surface area contributed by atoms with E-state index < -0.39 is 0 Å². The van der Waals surface area contributed by atoms with Gasteiger partial charge in [-0.05, 0) is 20.8 Å². The van der Waals surface area contributed by atoms with Crippen LogP contribution in [-0.4, -0.2) is 21.8 Å². The van der Waals surface area contributed by atoms with Crippen LogP contribution in [0.5, 0.6) is 0 Å². The van der Waals surface area contributed by atoms with Crippen molar-refractivity contribution in [3.8, 4) is 0 Å². The topological polar surface area (TPSA) is 69.8 Å². The van der Waals surface area contributed by atoms with Crippen LogP contribution in [0, 0.1) is 0 Å². The second-order valence-electron chi connectivity index (χ2n) is 6.25. The molecule has 0 bridgehead atoms. The third-order valence-electron chi connectivity index (χ3n) is 2.12. The van der Waals surface area contributed by atoms with E-state index in [-0.39, 0.29) is 17.0 Å². The van der Waals surface area contributed by atoms with Crippen LogP contribution in [0.15, 0.2) is 6.07 Å².